The summed E-state index contributed by atoms with van der Waals surface area (Å²) in [7, 11) is 1.65. The SMILES string of the molecule is COCCCNC(=O)Cn1ncc2c(N3CCCCC3)ncnc21. The van der Waals surface area contributed by atoms with Crippen molar-refractivity contribution >= 4 is 22.8 Å². The van der Waals surface area contributed by atoms with E-state index in [1.807, 2.05) is 0 Å². The Labute approximate surface area is 141 Å². The van der Waals surface area contributed by atoms with Crippen LogP contribution in [0, 0.1) is 0 Å². The van der Waals surface area contributed by atoms with E-state index < -0.39 is 0 Å². The number of carbonyl (C=O) groups excluding carboxylic acids is 1. The molecule has 0 spiro atoms. The number of amides is 1. The van der Waals surface area contributed by atoms with Gasteiger partial charge in [0, 0.05) is 33.4 Å². The molecule has 1 aliphatic heterocycles. The van der Waals surface area contributed by atoms with E-state index in [1.165, 1.54) is 19.3 Å². The van der Waals surface area contributed by atoms with E-state index >= 15 is 0 Å². The van der Waals surface area contributed by atoms with Gasteiger partial charge in [0.1, 0.15) is 18.7 Å². The summed E-state index contributed by atoms with van der Waals surface area (Å²) in [6, 6.07) is 0. The molecule has 1 N–H and O–H groups in total. The number of piperidine rings is 1. The highest BCUT2D eigenvalue weighted by Crippen LogP contribution is 2.25. The lowest BCUT2D eigenvalue weighted by Gasteiger charge is -2.27. The average Bonchev–Trinajstić information content (AvgIpc) is 3.02. The monoisotopic (exact) mass is 332 g/mol. The minimum atomic E-state index is -0.0748. The second-order valence-electron chi connectivity index (χ2n) is 5.98. The van der Waals surface area contributed by atoms with Gasteiger partial charge in [0.15, 0.2) is 5.65 Å². The molecule has 0 radical (unpaired) electrons. The summed E-state index contributed by atoms with van der Waals surface area (Å²) >= 11 is 0. The summed E-state index contributed by atoms with van der Waals surface area (Å²) in [5.41, 5.74) is 0.706. The van der Waals surface area contributed by atoms with Gasteiger partial charge < -0.3 is 15.0 Å². The van der Waals surface area contributed by atoms with Gasteiger partial charge in [-0.3, -0.25) is 4.79 Å². The van der Waals surface area contributed by atoms with E-state index in [-0.39, 0.29) is 12.5 Å². The van der Waals surface area contributed by atoms with Gasteiger partial charge in [-0.1, -0.05) is 0 Å². The number of nitrogens with zero attached hydrogens (tertiary/aromatic N) is 5. The number of aromatic nitrogens is 4. The summed E-state index contributed by atoms with van der Waals surface area (Å²) in [6.45, 7) is 3.42. The Morgan fingerprint density at radius 1 is 1.29 bits per heavy atom. The quantitative estimate of drug-likeness (QED) is 0.761. The number of carbonyl (C=O) groups is 1. The van der Waals surface area contributed by atoms with Crippen LogP contribution in [0.25, 0.3) is 11.0 Å². The Morgan fingerprint density at radius 2 is 2.12 bits per heavy atom. The fraction of sp³-hybridized carbons (Fsp3) is 0.625. The molecule has 0 atom stereocenters. The Balaban J connectivity index is 1.70. The second kappa shape index (κ2) is 8.05. The Hall–Kier alpha value is -2.22. The highest BCUT2D eigenvalue weighted by molar-refractivity contribution is 5.87. The van der Waals surface area contributed by atoms with Crippen LogP contribution in [0.3, 0.4) is 0 Å². The van der Waals surface area contributed by atoms with Crippen LogP contribution in [0.5, 0.6) is 0 Å². The van der Waals surface area contributed by atoms with Gasteiger partial charge in [-0.2, -0.15) is 5.10 Å². The minimum Gasteiger partial charge on any atom is -0.385 e. The van der Waals surface area contributed by atoms with Crippen molar-refractivity contribution in [2.45, 2.75) is 32.2 Å². The molecular formula is C16H24N6O2. The lowest BCUT2D eigenvalue weighted by atomic mass is 10.1. The van der Waals surface area contributed by atoms with Crippen LogP contribution in [-0.4, -0.2) is 59.0 Å². The molecule has 0 saturated carbocycles. The van der Waals surface area contributed by atoms with Gasteiger partial charge in [0.05, 0.1) is 11.6 Å². The molecule has 1 amide bonds. The topological polar surface area (TPSA) is 85.2 Å². The van der Waals surface area contributed by atoms with Crippen molar-refractivity contribution in [1.82, 2.24) is 25.1 Å². The number of nitrogens with one attached hydrogen (secondary N) is 1. The zero-order chi connectivity index (χ0) is 16.8. The van der Waals surface area contributed by atoms with E-state index in [0.29, 0.717) is 18.8 Å². The second-order valence-corrected chi connectivity index (χ2v) is 5.98. The molecule has 130 valence electrons. The van der Waals surface area contributed by atoms with Gasteiger partial charge >= 0.3 is 0 Å². The Kier molecular flexibility index (Phi) is 5.58. The van der Waals surface area contributed by atoms with Crippen molar-refractivity contribution in [3.63, 3.8) is 0 Å². The first-order chi connectivity index (χ1) is 11.8. The summed E-state index contributed by atoms with van der Waals surface area (Å²) in [5.74, 6) is 0.848. The van der Waals surface area contributed by atoms with E-state index in [1.54, 1.807) is 24.3 Å². The van der Waals surface area contributed by atoms with E-state index in [9.17, 15) is 4.79 Å². The van der Waals surface area contributed by atoms with Crippen molar-refractivity contribution in [2.75, 3.05) is 38.3 Å². The Morgan fingerprint density at radius 3 is 2.92 bits per heavy atom. The molecule has 0 bridgehead atoms. The average molecular weight is 332 g/mol. The van der Waals surface area contributed by atoms with E-state index in [2.05, 4.69) is 25.3 Å². The molecule has 0 unspecified atom stereocenters. The van der Waals surface area contributed by atoms with Gasteiger partial charge in [-0.25, -0.2) is 14.6 Å². The molecule has 0 aliphatic carbocycles. The van der Waals surface area contributed by atoms with Crippen molar-refractivity contribution in [3.05, 3.63) is 12.5 Å². The molecule has 2 aromatic rings. The molecule has 1 fully saturated rings. The fourth-order valence-corrected chi connectivity index (χ4v) is 2.99. The van der Waals surface area contributed by atoms with Crippen LogP contribution in [0.2, 0.25) is 0 Å². The summed E-state index contributed by atoms with van der Waals surface area (Å²) in [4.78, 5) is 23.1. The van der Waals surface area contributed by atoms with E-state index in [0.717, 1.165) is 30.7 Å². The highest BCUT2D eigenvalue weighted by Gasteiger charge is 2.18. The summed E-state index contributed by atoms with van der Waals surface area (Å²) < 4.78 is 6.60. The lowest BCUT2D eigenvalue weighted by Crippen LogP contribution is -2.30. The van der Waals surface area contributed by atoms with Crippen LogP contribution in [0.15, 0.2) is 12.5 Å². The molecular weight excluding hydrogens is 308 g/mol. The summed E-state index contributed by atoms with van der Waals surface area (Å²) in [6.07, 6.45) is 7.75. The lowest BCUT2D eigenvalue weighted by molar-refractivity contribution is -0.121. The number of fused-ring (bicyclic) bond motifs is 1. The predicted octanol–water partition coefficient (Wildman–Crippen LogP) is 0.969. The number of methoxy groups -OCH3 is 1. The van der Waals surface area contributed by atoms with Gasteiger partial charge in [0.25, 0.3) is 0 Å². The molecule has 0 aromatic carbocycles. The zero-order valence-electron chi connectivity index (χ0n) is 14.1. The predicted molar refractivity (Wildman–Crippen MR) is 90.9 cm³/mol. The Bertz CT molecular complexity index is 680. The number of hydrogen-bond donors (Lipinski definition) is 1. The van der Waals surface area contributed by atoms with Crippen LogP contribution < -0.4 is 10.2 Å². The maximum Gasteiger partial charge on any atom is 0.241 e. The molecule has 1 saturated heterocycles. The van der Waals surface area contributed by atoms with Crippen LogP contribution >= 0.6 is 0 Å². The third kappa shape index (κ3) is 3.81. The van der Waals surface area contributed by atoms with Crippen molar-refractivity contribution in [3.8, 4) is 0 Å². The first kappa shape index (κ1) is 16.6. The number of rotatable bonds is 7. The van der Waals surface area contributed by atoms with Gasteiger partial charge in [0.2, 0.25) is 5.91 Å². The molecule has 3 heterocycles. The maximum atomic E-state index is 12.0. The fourth-order valence-electron chi connectivity index (χ4n) is 2.99. The van der Waals surface area contributed by atoms with Crippen molar-refractivity contribution in [1.29, 1.82) is 0 Å². The zero-order valence-corrected chi connectivity index (χ0v) is 14.1. The first-order valence-corrected chi connectivity index (χ1v) is 8.46. The van der Waals surface area contributed by atoms with Crippen molar-refractivity contribution in [2.24, 2.45) is 0 Å². The van der Waals surface area contributed by atoms with E-state index in [4.69, 9.17) is 4.74 Å². The minimum absolute atomic E-state index is 0.0748. The number of hydrogen-bond acceptors (Lipinski definition) is 6. The molecule has 2 aromatic heterocycles. The molecule has 24 heavy (non-hydrogen) atoms. The molecule has 8 heteroatoms. The van der Waals surface area contributed by atoms with Crippen LogP contribution in [0.1, 0.15) is 25.7 Å². The summed E-state index contributed by atoms with van der Waals surface area (Å²) in [5, 5.41) is 8.11. The highest BCUT2D eigenvalue weighted by atomic mass is 16.5. The third-order valence-electron chi connectivity index (χ3n) is 4.21. The smallest absolute Gasteiger partial charge is 0.241 e. The van der Waals surface area contributed by atoms with Crippen LogP contribution in [-0.2, 0) is 16.1 Å². The molecule has 3 rings (SSSR count). The van der Waals surface area contributed by atoms with Crippen molar-refractivity contribution < 1.29 is 9.53 Å². The standard InChI is InChI=1S/C16H24N6O2/c1-24-9-5-6-17-14(23)11-22-16-13(10-20-22)15(18-12-19-16)21-7-3-2-4-8-21/h10,12H,2-9,11H2,1H3,(H,17,23). The molecule has 8 nitrogen and oxygen atoms in total. The maximum absolute atomic E-state index is 12.0. The number of ether oxygens (including phenoxy) is 1. The first-order valence-electron chi connectivity index (χ1n) is 8.46. The largest absolute Gasteiger partial charge is 0.385 e. The van der Waals surface area contributed by atoms with Gasteiger partial charge in [-0.15, -0.1) is 0 Å². The third-order valence-corrected chi connectivity index (χ3v) is 4.21. The van der Waals surface area contributed by atoms with Gasteiger partial charge in [-0.05, 0) is 25.7 Å². The number of anilines is 1. The van der Waals surface area contributed by atoms with Crippen LogP contribution in [0.4, 0.5) is 5.82 Å². The normalized spacial score (nSPS) is 15.0. The molecule has 1 aliphatic rings.